The monoisotopic (exact) mass is 280 g/mol. The highest BCUT2D eigenvalue weighted by Crippen LogP contribution is 2.28. The molecule has 1 aromatic rings. The number of phenols is 1. The lowest BCUT2D eigenvalue weighted by molar-refractivity contribution is 0.0382. The fourth-order valence-electron chi connectivity index (χ4n) is 2.38. The summed E-state index contributed by atoms with van der Waals surface area (Å²) in [6.07, 6.45) is 0. The molecule has 112 valence electrons. The lowest BCUT2D eigenvalue weighted by Gasteiger charge is -2.27. The van der Waals surface area contributed by atoms with E-state index in [1.165, 1.54) is 0 Å². The first kappa shape index (κ1) is 15.1. The molecule has 0 bridgehead atoms. The van der Waals surface area contributed by atoms with Gasteiger partial charge in [0, 0.05) is 37.8 Å². The van der Waals surface area contributed by atoms with Crippen molar-refractivity contribution in [2.45, 2.75) is 13.0 Å². The lowest BCUT2D eigenvalue weighted by atomic mass is 10.1. The molecule has 0 aromatic heterocycles. The molecule has 0 radical (unpaired) electrons. The van der Waals surface area contributed by atoms with Crippen LogP contribution in [0.2, 0.25) is 0 Å². The second kappa shape index (κ2) is 7.47. The van der Waals surface area contributed by atoms with Crippen molar-refractivity contribution in [2.24, 2.45) is 0 Å². The Hall–Kier alpha value is -1.30. The van der Waals surface area contributed by atoms with Crippen molar-refractivity contribution in [2.75, 3.05) is 46.5 Å². The van der Waals surface area contributed by atoms with Gasteiger partial charge in [0.05, 0.1) is 20.3 Å². The average Bonchev–Trinajstić information content (AvgIpc) is 2.48. The van der Waals surface area contributed by atoms with Crippen LogP contribution in [-0.2, 0) is 4.74 Å². The SMILES string of the molecule is COc1ccc(O)c(C(C)NCCN2CCOCC2)c1. The van der Waals surface area contributed by atoms with E-state index < -0.39 is 0 Å². The topological polar surface area (TPSA) is 54.0 Å². The maximum Gasteiger partial charge on any atom is 0.120 e. The number of hydrogen-bond donors (Lipinski definition) is 2. The van der Waals surface area contributed by atoms with Crippen molar-refractivity contribution >= 4 is 0 Å². The minimum atomic E-state index is 0.0890. The number of phenolic OH excluding ortho intramolecular Hbond substituents is 1. The quantitative estimate of drug-likeness (QED) is 0.824. The standard InChI is InChI=1S/C15H24N2O3/c1-12(14-11-13(19-2)3-4-15(14)18)16-5-6-17-7-9-20-10-8-17/h3-4,11-12,16,18H,5-10H2,1-2H3. The Morgan fingerprint density at radius 3 is 2.85 bits per heavy atom. The van der Waals surface area contributed by atoms with Gasteiger partial charge in [-0.3, -0.25) is 4.90 Å². The van der Waals surface area contributed by atoms with E-state index in [2.05, 4.69) is 10.2 Å². The van der Waals surface area contributed by atoms with Gasteiger partial charge in [0.25, 0.3) is 0 Å². The van der Waals surface area contributed by atoms with Gasteiger partial charge in [0.15, 0.2) is 0 Å². The number of nitrogens with one attached hydrogen (secondary N) is 1. The summed E-state index contributed by atoms with van der Waals surface area (Å²) in [5.41, 5.74) is 0.867. The van der Waals surface area contributed by atoms with Gasteiger partial charge >= 0.3 is 0 Å². The van der Waals surface area contributed by atoms with Crippen LogP contribution in [0.4, 0.5) is 0 Å². The Bertz CT molecular complexity index is 420. The summed E-state index contributed by atoms with van der Waals surface area (Å²) in [5, 5.41) is 13.4. The van der Waals surface area contributed by atoms with Crippen LogP contribution in [0.25, 0.3) is 0 Å². The van der Waals surface area contributed by atoms with E-state index in [-0.39, 0.29) is 6.04 Å². The Kier molecular flexibility index (Phi) is 5.64. The highest BCUT2D eigenvalue weighted by atomic mass is 16.5. The number of benzene rings is 1. The van der Waals surface area contributed by atoms with E-state index in [1.54, 1.807) is 19.2 Å². The predicted molar refractivity (Wildman–Crippen MR) is 78.3 cm³/mol. The van der Waals surface area contributed by atoms with E-state index in [1.807, 2.05) is 13.0 Å². The molecule has 1 unspecified atom stereocenters. The summed E-state index contributed by atoms with van der Waals surface area (Å²) in [6.45, 7) is 7.59. The van der Waals surface area contributed by atoms with Gasteiger partial charge < -0.3 is 19.9 Å². The third-order valence-electron chi connectivity index (χ3n) is 3.68. The molecule has 0 spiro atoms. The Morgan fingerprint density at radius 1 is 1.40 bits per heavy atom. The van der Waals surface area contributed by atoms with Crippen molar-refractivity contribution in [3.63, 3.8) is 0 Å². The molecule has 1 fully saturated rings. The molecule has 5 heteroatoms. The van der Waals surface area contributed by atoms with E-state index in [9.17, 15) is 5.11 Å². The first-order chi connectivity index (χ1) is 9.70. The van der Waals surface area contributed by atoms with Crippen molar-refractivity contribution < 1.29 is 14.6 Å². The number of rotatable bonds is 6. The maximum absolute atomic E-state index is 9.93. The summed E-state index contributed by atoms with van der Waals surface area (Å²) in [4.78, 5) is 2.38. The fraction of sp³-hybridized carbons (Fsp3) is 0.600. The summed E-state index contributed by atoms with van der Waals surface area (Å²) < 4.78 is 10.5. The van der Waals surface area contributed by atoms with Crippen molar-refractivity contribution in [1.82, 2.24) is 10.2 Å². The minimum absolute atomic E-state index is 0.0890. The lowest BCUT2D eigenvalue weighted by Crippen LogP contribution is -2.40. The zero-order valence-corrected chi connectivity index (χ0v) is 12.3. The van der Waals surface area contributed by atoms with Crippen molar-refractivity contribution in [3.8, 4) is 11.5 Å². The molecule has 0 aliphatic carbocycles. The van der Waals surface area contributed by atoms with Gasteiger partial charge in [-0.1, -0.05) is 0 Å². The van der Waals surface area contributed by atoms with Crippen LogP contribution in [0, 0.1) is 0 Å². The number of morpholine rings is 1. The second-order valence-corrected chi connectivity index (χ2v) is 5.05. The van der Waals surface area contributed by atoms with Crippen LogP contribution < -0.4 is 10.1 Å². The molecule has 5 nitrogen and oxygen atoms in total. The smallest absolute Gasteiger partial charge is 0.120 e. The summed E-state index contributed by atoms with van der Waals surface area (Å²) >= 11 is 0. The number of aromatic hydroxyl groups is 1. The summed E-state index contributed by atoms with van der Waals surface area (Å²) in [7, 11) is 1.63. The molecule has 0 saturated carbocycles. The highest BCUT2D eigenvalue weighted by molar-refractivity contribution is 5.41. The van der Waals surface area contributed by atoms with Crippen LogP contribution in [0.15, 0.2) is 18.2 Å². The molecule has 1 saturated heterocycles. The van der Waals surface area contributed by atoms with Crippen LogP contribution in [-0.4, -0.2) is 56.5 Å². The van der Waals surface area contributed by atoms with Crippen LogP contribution >= 0.6 is 0 Å². The van der Waals surface area contributed by atoms with Crippen molar-refractivity contribution in [1.29, 1.82) is 0 Å². The number of methoxy groups -OCH3 is 1. The van der Waals surface area contributed by atoms with Gasteiger partial charge in [-0.15, -0.1) is 0 Å². The largest absolute Gasteiger partial charge is 0.508 e. The van der Waals surface area contributed by atoms with E-state index >= 15 is 0 Å². The van der Waals surface area contributed by atoms with Gasteiger partial charge in [0.2, 0.25) is 0 Å². The molecule has 1 heterocycles. The zero-order valence-electron chi connectivity index (χ0n) is 12.3. The van der Waals surface area contributed by atoms with Gasteiger partial charge in [-0.2, -0.15) is 0 Å². The molecule has 20 heavy (non-hydrogen) atoms. The number of ether oxygens (including phenoxy) is 2. The Morgan fingerprint density at radius 2 is 2.15 bits per heavy atom. The van der Waals surface area contributed by atoms with Crippen LogP contribution in [0.5, 0.6) is 11.5 Å². The van der Waals surface area contributed by atoms with Gasteiger partial charge in [0.1, 0.15) is 11.5 Å². The normalized spacial score (nSPS) is 17.9. The van der Waals surface area contributed by atoms with Crippen molar-refractivity contribution in [3.05, 3.63) is 23.8 Å². The zero-order chi connectivity index (χ0) is 14.4. The molecule has 1 aromatic carbocycles. The molecular weight excluding hydrogens is 256 g/mol. The molecular formula is C15H24N2O3. The maximum atomic E-state index is 9.93. The summed E-state index contributed by atoms with van der Waals surface area (Å²) in [6, 6.07) is 5.40. The van der Waals surface area contributed by atoms with E-state index in [0.29, 0.717) is 5.75 Å². The minimum Gasteiger partial charge on any atom is -0.508 e. The third kappa shape index (κ3) is 4.10. The second-order valence-electron chi connectivity index (χ2n) is 5.05. The first-order valence-corrected chi connectivity index (χ1v) is 7.11. The molecule has 1 aliphatic rings. The summed E-state index contributed by atoms with van der Waals surface area (Å²) in [5.74, 6) is 1.07. The van der Waals surface area contributed by atoms with Gasteiger partial charge in [-0.05, 0) is 25.1 Å². The molecule has 1 atom stereocenters. The van der Waals surface area contributed by atoms with Gasteiger partial charge in [-0.25, -0.2) is 0 Å². The van der Waals surface area contributed by atoms with Crippen LogP contribution in [0.1, 0.15) is 18.5 Å². The molecule has 2 N–H and O–H groups in total. The predicted octanol–water partition coefficient (Wildman–Crippen LogP) is 1.38. The average molecular weight is 280 g/mol. The Labute approximate surface area is 120 Å². The van der Waals surface area contributed by atoms with Crippen LogP contribution in [0.3, 0.4) is 0 Å². The third-order valence-corrected chi connectivity index (χ3v) is 3.68. The number of nitrogens with zero attached hydrogens (tertiary/aromatic N) is 1. The molecule has 0 amide bonds. The van der Waals surface area contributed by atoms with E-state index in [0.717, 1.165) is 50.7 Å². The molecule has 2 rings (SSSR count). The number of hydrogen-bond acceptors (Lipinski definition) is 5. The first-order valence-electron chi connectivity index (χ1n) is 7.11. The fourth-order valence-corrected chi connectivity index (χ4v) is 2.38. The highest BCUT2D eigenvalue weighted by Gasteiger charge is 2.13. The molecule has 1 aliphatic heterocycles. The van der Waals surface area contributed by atoms with E-state index in [4.69, 9.17) is 9.47 Å². The Balaban J connectivity index is 1.83.